The van der Waals surface area contributed by atoms with Crippen LogP contribution in [-0.4, -0.2) is 13.1 Å². The maximum atomic E-state index is 5.53. The van der Waals surface area contributed by atoms with E-state index in [1.165, 1.54) is 0 Å². The van der Waals surface area contributed by atoms with Crippen molar-refractivity contribution in [2.75, 3.05) is 12.4 Å². The quantitative estimate of drug-likeness (QED) is 0.671. The predicted molar refractivity (Wildman–Crippen MR) is 51.9 cm³/mol. The summed E-state index contributed by atoms with van der Waals surface area (Å²) in [6.07, 6.45) is 0. The van der Waals surface area contributed by atoms with Gasteiger partial charge in [-0.25, -0.2) is 4.99 Å². The monoisotopic (exact) mass is 177 g/mol. The highest BCUT2D eigenvalue weighted by molar-refractivity contribution is 5.94. The Kier molecular flexibility index (Phi) is 1.81. The van der Waals surface area contributed by atoms with Gasteiger partial charge in [-0.3, -0.25) is 0 Å². The molecule has 0 unspecified atom stereocenters. The number of nitrogens with two attached hydrogens (primary N) is 1. The van der Waals surface area contributed by atoms with Crippen LogP contribution in [-0.2, 0) is 6.54 Å². The molecule has 2 rings (SSSR count). The Balaban J connectivity index is 2.36. The molecule has 0 radical (unpaired) electrons. The lowest BCUT2D eigenvalue weighted by Gasteiger charge is -2.16. The molecule has 4 heteroatoms. The molecule has 4 nitrogen and oxygen atoms in total. The van der Waals surface area contributed by atoms with Gasteiger partial charge in [0.1, 0.15) is 5.75 Å². The lowest BCUT2D eigenvalue weighted by atomic mass is 10.1. The number of hydrogen-bond donors (Lipinski definition) is 2. The maximum Gasteiger partial charge on any atom is 0.193 e. The van der Waals surface area contributed by atoms with Gasteiger partial charge in [0.05, 0.1) is 13.7 Å². The maximum absolute atomic E-state index is 5.53. The van der Waals surface area contributed by atoms with E-state index in [-0.39, 0.29) is 0 Å². The number of nitrogens with one attached hydrogen (secondary N) is 1. The molecule has 1 aliphatic rings. The highest BCUT2D eigenvalue weighted by Gasteiger charge is 2.09. The summed E-state index contributed by atoms with van der Waals surface area (Å²) < 4.78 is 5.10. The van der Waals surface area contributed by atoms with Gasteiger partial charge >= 0.3 is 0 Å². The van der Waals surface area contributed by atoms with E-state index < -0.39 is 0 Å². The van der Waals surface area contributed by atoms with E-state index in [0.717, 1.165) is 17.0 Å². The number of fused-ring (bicyclic) bond motifs is 1. The third-order valence-electron chi connectivity index (χ3n) is 1.99. The first-order valence-corrected chi connectivity index (χ1v) is 4.03. The number of aliphatic imine (C=N–C) groups is 1. The van der Waals surface area contributed by atoms with Gasteiger partial charge < -0.3 is 15.8 Å². The van der Waals surface area contributed by atoms with Crippen molar-refractivity contribution in [3.05, 3.63) is 23.8 Å². The van der Waals surface area contributed by atoms with E-state index in [2.05, 4.69) is 10.3 Å². The lowest BCUT2D eigenvalue weighted by Crippen LogP contribution is -2.26. The van der Waals surface area contributed by atoms with Gasteiger partial charge in [-0.1, -0.05) is 0 Å². The lowest BCUT2D eigenvalue weighted by molar-refractivity contribution is 0.414. The number of guanidine groups is 1. The molecule has 0 aromatic heterocycles. The van der Waals surface area contributed by atoms with Crippen molar-refractivity contribution in [2.45, 2.75) is 6.54 Å². The second-order valence-electron chi connectivity index (χ2n) is 2.85. The van der Waals surface area contributed by atoms with Crippen LogP contribution in [0.5, 0.6) is 5.75 Å². The molecule has 0 fully saturated rings. The van der Waals surface area contributed by atoms with Crippen molar-refractivity contribution in [1.82, 2.24) is 0 Å². The second-order valence-corrected chi connectivity index (χ2v) is 2.85. The summed E-state index contributed by atoms with van der Waals surface area (Å²) in [5.74, 6) is 1.31. The first-order valence-electron chi connectivity index (χ1n) is 4.03. The number of benzene rings is 1. The molecule has 1 heterocycles. The van der Waals surface area contributed by atoms with Crippen molar-refractivity contribution in [3.8, 4) is 5.75 Å². The molecular formula is C9H11N3O. The van der Waals surface area contributed by atoms with Crippen molar-refractivity contribution >= 4 is 11.6 Å². The van der Waals surface area contributed by atoms with Crippen molar-refractivity contribution < 1.29 is 4.74 Å². The fourth-order valence-corrected chi connectivity index (χ4v) is 1.30. The molecule has 0 saturated carbocycles. The molecule has 0 spiro atoms. The third kappa shape index (κ3) is 1.42. The normalized spacial score (nSPS) is 14.1. The van der Waals surface area contributed by atoms with Crippen LogP contribution in [0.3, 0.4) is 0 Å². The summed E-state index contributed by atoms with van der Waals surface area (Å²) >= 11 is 0. The Morgan fingerprint density at radius 1 is 1.54 bits per heavy atom. The molecule has 0 aliphatic carbocycles. The Morgan fingerprint density at radius 2 is 2.38 bits per heavy atom. The van der Waals surface area contributed by atoms with E-state index in [1.807, 2.05) is 18.2 Å². The summed E-state index contributed by atoms with van der Waals surface area (Å²) in [6, 6.07) is 5.79. The zero-order chi connectivity index (χ0) is 9.26. The minimum Gasteiger partial charge on any atom is -0.497 e. The Morgan fingerprint density at radius 3 is 3.15 bits per heavy atom. The zero-order valence-electron chi connectivity index (χ0n) is 7.37. The molecule has 1 aromatic carbocycles. The average Bonchev–Trinajstić information content (AvgIpc) is 2.17. The molecule has 1 aliphatic heterocycles. The third-order valence-corrected chi connectivity index (χ3v) is 1.99. The molecule has 0 atom stereocenters. The summed E-state index contributed by atoms with van der Waals surface area (Å²) in [4.78, 5) is 4.07. The Hall–Kier alpha value is -1.71. The number of rotatable bonds is 1. The first-order chi connectivity index (χ1) is 6.29. The number of hydrogen-bond acceptors (Lipinski definition) is 4. The van der Waals surface area contributed by atoms with Crippen molar-refractivity contribution in [1.29, 1.82) is 0 Å². The smallest absolute Gasteiger partial charge is 0.193 e. The van der Waals surface area contributed by atoms with Crippen LogP contribution in [0.2, 0.25) is 0 Å². The summed E-state index contributed by atoms with van der Waals surface area (Å²) in [6.45, 7) is 0.616. The van der Waals surface area contributed by atoms with Crippen LogP contribution in [0.4, 0.5) is 5.69 Å². The molecule has 0 saturated heterocycles. The van der Waals surface area contributed by atoms with Crippen LogP contribution >= 0.6 is 0 Å². The number of methoxy groups -OCH3 is 1. The zero-order valence-corrected chi connectivity index (χ0v) is 7.37. The van der Waals surface area contributed by atoms with E-state index in [1.54, 1.807) is 7.11 Å². The van der Waals surface area contributed by atoms with Gasteiger partial charge in [0.25, 0.3) is 0 Å². The predicted octanol–water partition coefficient (Wildman–Crippen LogP) is 0.935. The van der Waals surface area contributed by atoms with Gasteiger partial charge in [0, 0.05) is 11.3 Å². The summed E-state index contributed by atoms with van der Waals surface area (Å²) in [5, 5.41) is 2.98. The van der Waals surface area contributed by atoms with Crippen LogP contribution in [0.15, 0.2) is 23.2 Å². The number of ether oxygens (including phenoxy) is 1. The van der Waals surface area contributed by atoms with E-state index in [0.29, 0.717) is 12.5 Å². The van der Waals surface area contributed by atoms with Gasteiger partial charge in [-0.15, -0.1) is 0 Å². The van der Waals surface area contributed by atoms with Crippen LogP contribution in [0.1, 0.15) is 5.56 Å². The Bertz CT molecular complexity index is 360. The van der Waals surface area contributed by atoms with E-state index in [4.69, 9.17) is 10.5 Å². The minimum atomic E-state index is 0.470. The number of nitrogens with zero attached hydrogens (tertiary/aromatic N) is 1. The Labute approximate surface area is 76.4 Å². The molecule has 1 aromatic rings. The molecule has 3 N–H and O–H groups in total. The highest BCUT2D eigenvalue weighted by atomic mass is 16.5. The summed E-state index contributed by atoms with van der Waals surface area (Å²) in [5.41, 5.74) is 7.64. The SMILES string of the molecule is COc1ccc2c(c1)CN=C(N)N2. The van der Waals surface area contributed by atoms with Gasteiger partial charge in [-0.2, -0.15) is 0 Å². The fraction of sp³-hybridized carbons (Fsp3) is 0.222. The molecule has 0 bridgehead atoms. The minimum absolute atomic E-state index is 0.470. The van der Waals surface area contributed by atoms with Crippen molar-refractivity contribution in [2.24, 2.45) is 10.7 Å². The first kappa shape index (κ1) is 7.91. The van der Waals surface area contributed by atoms with Gasteiger partial charge in [-0.05, 0) is 18.2 Å². The van der Waals surface area contributed by atoms with Crippen LogP contribution < -0.4 is 15.8 Å². The average molecular weight is 177 g/mol. The molecular weight excluding hydrogens is 166 g/mol. The fourth-order valence-electron chi connectivity index (χ4n) is 1.30. The van der Waals surface area contributed by atoms with Crippen LogP contribution in [0, 0.1) is 0 Å². The standard InChI is InChI=1S/C9H11N3O/c1-13-7-2-3-8-6(4-7)5-11-9(10)12-8/h2-4H,5H2,1H3,(H3,10,11,12). The van der Waals surface area contributed by atoms with Gasteiger partial charge in [0.2, 0.25) is 0 Å². The van der Waals surface area contributed by atoms with Crippen molar-refractivity contribution in [3.63, 3.8) is 0 Å². The van der Waals surface area contributed by atoms with Gasteiger partial charge in [0.15, 0.2) is 5.96 Å². The highest BCUT2D eigenvalue weighted by Crippen LogP contribution is 2.24. The van der Waals surface area contributed by atoms with E-state index >= 15 is 0 Å². The second kappa shape index (κ2) is 2.97. The molecule has 68 valence electrons. The number of anilines is 1. The molecule has 0 amide bonds. The molecule has 13 heavy (non-hydrogen) atoms. The summed E-state index contributed by atoms with van der Waals surface area (Å²) in [7, 11) is 1.65. The largest absolute Gasteiger partial charge is 0.497 e. The van der Waals surface area contributed by atoms with Crippen LogP contribution in [0.25, 0.3) is 0 Å². The topological polar surface area (TPSA) is 59.6 Å². The van der Waals surface area contributed by atoms with E-state index in [9.17, 15) is 0 Å².